The predicted molar refractivity (Wildman–Crippen MR) is 109 cm³/mol. The van der Waals surface area contributed by atoms with E-state index in [-0.39, 0.29) is 29.0 Å². The number of hydrogen-bond donors (Lipinski definition) is 2. The van der Waals surface area contributed by atoms with Gasteiger partial charge in [-0.05, 0) is 69.2 Å². The van der Waals surface area contributed by atoms with E-state index >= 15 is 0 Å². The van der Waals surface area contributed by atoms with Crippen LogP contribution in [0.3, 0.4) is 0 Å². The first-order valence-corrected chi connectivity index (χ1v) is 10.8. The molecule has 2 heterocycles. The summed E-state index contributed by atoms with van der Waals surface area (Å²) in [4.78, 5) is 19.7. The number of hydrogen-bond acceptors (Lipinski definition) is 2. The topological polar surface area (TPSA) is 48.1 Å². The van der Waals surface area contributed by atoms with Crippen LogP contribution in [-0.2, 0) is 28.3 Å². The zero-order valence-corrected chi connectivity index (χ0v) is 17.8. The third kappa shape index (κ3) is 3.42. The van der Waals surface area contributed by atoms with E-state index in [1.165, 1.54) is 54.3 Å². The molecular weight excluding hydrogens is 390 g/mol. The maximum atomic E-state index is 13.7. The average Bonchev–Trinajstić information content (AvgIpc) is 3.47. The molecule has 2 fully saturated rings. The van der Waals surface area contributed by atoms with Crippen molar-refractivity contribution >= 4 is 16.8 Å². The molecule has 2 saturated carbocycles. The second kappa shape index (κ2) is 8.22. The number of aromatic amines is 1. The maximum absolute atomic E-state index is 13.7. The molecular formula is C23H31FeN3O. The fraction of sp³-hybridized carbons (Fsp3) is 0.609. The van der Waals surface area contributed by atoms with Crippen molar-refractivity contribution in [1.82, 2.24) is 15.2 Å². The summed E-state index contributed by atoms with van der Waals surface area (Å²) in [6.07, 6.45) is 8.24. The van der Waals surface area contributed by atoms with Crippen molar-refractivity contribution in [3.05, 3.63) is 35.5 Å². The van der Waals surface area contributed by atoms with Crippen molar-refractivity contribution in [2.45, 2.75) is 51.0 Å². The summed E-state index contributed by atoms with van der Waals surface area (Å²) in [5.74, 6) is 1.78. The molecule has 4 nitrogen and oxygen atoms in total. The van der Waals surface area contributed by atoms with E-state index in [9.17, 15) is 4.79 Å². The van der Waals surface area contributed by atoms with Gasteiger partial charge in [0, 0.05) is 46.1 Å². The third-order valence-electron chi connectivity index (χ3n) is 7.13. The number of aromatic nitrogens is 1. The van der Waals surface area contributed by atoms with E-state index in [2.05, 4.69) is 39.5 Å². The molecule has 1 aromatic heterocycles. The van der Waals surface area contributed by atoms with E-state index < -0.39 is 0 Å². The van der Waals surface area contributed by atoms with Crippen LogP contribution in [0.2, 0.25) is 0 Å². The Morgan fingerprint density at radius 1 is 1.18 bits per heavy atom. The van der Waals surface area contributed by atoms with Crippen LogP contribution in [-0.4, -0.2) is 35.9 Å². The van der Waals surface area contributed by atoms with Crippen molar-refractivity contribution < 1.29 is 21.9 Å². The number of benzene rings is 1. The fourth-order valence-electron chi connectivity index (χ4n) is 5.67. The van der Waals surface area contributed by atoms with Crippen LogP contribution >= 0.6 is 0 Å². The van der Waals surface area contributed by atoms with Crippen molar-refractivity contribution in [1.29, 1.82) is 0 Å². The summed E-state index contributed by atoms with van der Waals surface area (Å²) in [6, 6.07) is 8.91. The van der Waals surface area contributed by atoms with E-state index in [4.69, 9.17) is 0 Å². The van der Waals surface area contributed by atoms with Gasteiger partial charge in [-0.2, -0.15) is 0 Å². The second-order valence-electron chi connectivity index (χ2n) is 8.84. The summed E-state index contributed by atoms with van der Waals surface area (Å²) in [6.45, 7) is 1.85. The summed E-state index contributed by atoms with van der Waals surface area (Å²) in [5.41, 5.74) is 4.02. The van der Waals surface area contributed by atoms with E-state index in [1.54, 1.807) is 0 Å². The predicted octanol–water partition coefficient (Wildman–Crippen LogP) is 4.03. The van der Waals surface area contributed by atoms with Crippen LogP contribution in [0.25, 0.3) is 10.9 Å². The van der Waals surface area contributed by atoms with Crippen molar-refractivity contribution in [2.75, 3.05) is 20.1 Å². The van der Waals surface area contributed by atoms with Gasteiger partial charge in [0.1, 0.15) is 0 Å². The Morgan fingerprint density at radius 3 is 2.75 bits per heavy atom. The molecule has 3 aliphatic rings. The molecule has 0 spiro atoms. The van der Waals surface area contributed by atoms with Gasteiger partial charge < -0.3 is 15.2 Å². The van der Waals surface area contributed by atoms with Gasteiger partial charge in [0.05, 0.1) is 6.04 Å². The molecule has 28 heavy (non-hydrogen) atoms. The Labute approximate surface area is 178 Å². The monoisotopic (exact) mass is 421 g/mol. The Hall–Kier alpha value is -1.29. The Balaban J connectivity index is 0.00000192. The normalized spacial score (nSPS) is 27.3. The Bertz CT molecular complexity index is 841. The summed E-state index contributed by atoms with van der Waals surface area (Å²) in [7, 11) is 2.01. The molecule has 1 aliphatic heterocycles. The average molecular weight is 421 g/mol. The van der Waals surface area contributed by atoms with Crippen LogP contribution in [0, 0.1) is 17.8 Å². The van der Waals surface area contributed by atoms with Gasteiger partial charge in [0.2, 0.25) is 5.91 Å². The number of nitrogens with one attached hydrogen (secondary N) is 2. The van der Waals surface area contributed by atoms with Gasteiger partial charge in [-0.1, -0.05) is 31.0 Å². The number of para-hydroxylation sites is 1. The first kappa shape index (κ1) is 20.0. The maximum Gasteiger partial charge on any atom is 0.226 e. The second-order valence-corrected chi connectivity index (χ2v) is 8.84. The van der Waals surface area contributed by atoms with Crippen molar-refractivity contribution in [3.63, 3.8) is 0 Å². The molecule has 3 atom stereocenters. The molecule has 0 saturated heterocycles. The van der Waals surface area contributed by atoms with E-state index in [0.717, 1.165) is 25.9 Å². The fourth-order valence-corrected chi connectivity index (χ4v) is 5.67. The largest absolute Gasteiger partial charge is 0.356 e. The smallest absolute Gasteiger partial charge is 0.226 e. The number of H-pyrrole nitrogens is 1. The first-order chi connectivity index (χ1) is 13.3. The quantitative estimate of drug-likeness (QED) is 0.733. The summed E-state index contributed by atoms with van der Waals surface area (Å²) < 4.78 is 0. The Morgan fingerprint density at radius 2 is 1.96 bits per heavy atom. The molecule has 2 aliphatic carbocycles. The number of nitrogens with zero attached hydrogens (tertiary/aromatic N) is 1. The molecule has 2 N–H and O–H groups in total. The zero-order valence-electron chi connectivity index (χ0n) is 16.7. The minimum absolute atomic E-state index is 0. The number of carbonyl (C=O) groups is 1. The van der Waals surface area contributed by atoms with Crippen molar-refractivity contribution in [3.8, 4) is 0 Å². The van der Waals surface area contributed by atoms with Crippen LogP contribution in [0.5, 0.6) is 0 Å². The van der Waals surface area contributed by atoms with Crippen molar-refractivity contribution in [2.24, 2.45) is 17.8 Å². The number of rotatable bonds is 4. The van der Waals surface area contributed by atoms with Gasteiger partial charge in [-0.25, -0.2) is 0 Å². The molecule has 2 aromatic rings. The number of carbonyl (C=O) groups excluding carboxylic acids is 1. The van der Waals surface area contributed by atoms with Gasteiger partial charge >= 0.3 is 0 Å². The molecule has 3 unspecified atom stereocenters. The number of fused-ring (bicyclic) bond motifs is 3. The van der Waals surface area contributed by atoms with Gasteiger partial charge in [0.15, 0.2) is 0 Å². The molecule has 5 heteroatoms. The molecule has 0 radical (unpaired) electrons. The summed E-state index contributed by atoms with van der Waals surface area (Å²) in [5, 5.41) is 4.69. The zero-order chi connectivity index (χ0) is 18.4. The number of amides is 1. The van der Waals surface area contributed by atoms with E-state index in [1.807, 2.05) is 7.05 Å². The molecule has 1 aromatic carbocycles. The van der Waals surface area contributed by atoms with Gasteiger partial charge in [-0.15, -0.1) is 0 Å². The van der Waals surface area contributed by atoms with Gasteiger partial charge in [-0.3, -0.25) is 4.79 Å². The van der Waals surface area contributed by atoms with Crippen LogP contribution in [0.15, 0.2) is 24.3 Å². The SMILES string of the molecule is CNCC1CCCCC1C(=O)N1CCc2c([nH]c3ccccc23)C1C1CC1.[Fe]. The third-order valence-corrected chi connectivity index (χ3v) is 7.13. The Kier molecular flexibility index (Phi) is 5.87. The van der Waals surface area contributed by atoms with Gasteiger partial charge in [0.25, 0.3) is 0 Å². The minimum atomic E-state index is 0. The van der Waals surface area contributed by atoms with Crippen LogP contribution < -0.4 is 5.32 Å². The summed E-state index contributed by atoms with van der Waals surface area (Å²) >= 11 is 0. The molecule has 1 amide bonds. The molecule has 152 valence electrons. The molecule has 5 rings (SSSR count). The van der Waals surface area contributed by atoms with Crippen LogP contribution in [0.1, 0.15) is 55.8 Å². The minimum Gasteiger partial charge on any atom is -0.356 e. The van der Waals surface area contributed by atoms with Crippen LogP contribution in [0.4, 0.5) is 0 Å². The van der Waals surface area contributed by atoms with E-state index in [0.29, 0.717) is 17.7 Å². The standard InChI is InChI=1S/C23H31N3O.Fe/c1-24-14-16-6-2-3-7-17(16)23(27)26-13-12-19-18-8-4-5-9-20(18)25-21(19)22(26)15-10-11-15;/h4-5,8-9,15-17,22,24-25H,2-3,6-7,10-14H2,1H3;. The molecule has 0 bridgehead atoms. The first-order valence-electron chi connectivity index (χ1n) is 10.8.